The molecule has 140 valence electrons. The van der Waals surface area contributed by atoms with Crippen molar-refractivity contribution in [1.29, 1.82) is 0 Å². The van der Waals surface area contributed by atoms with E-state index in [-0.39, 0.29) is 17.4 Å². The van der Waals surface area contributed by atoms with Crippen molar-refractivity contribution in [2.75, 3.05) is 19.7 Å². The van der Waals surface area contributed by atoms with Gasteiger partial charge in [-0.25, -0.2) is 17.1 Å². The number of halogens is 1. The molecular weight excluding hydrogens is 353 g/mol. The number of hydrogen-bond acceptors (Lipinski definition) is 3. The Morgan fingerprint density at radius 1 is 1.19 bits per heavy atom. The summed E-state index contributed by atoms with van der Waals surface area (Å²) in [6, 6.07) is 13.8. The molecule has 0 aromatic heterocycles. The molecule has 4 nitrogen and oxygen atoms in total. The number of rotatable bonds is 6. The Morgan fingerprint density at radius 2 is 2.00 bits per heavy atom. The first-order valence-corrected chi connectivity index (χ1v) is 10.5. The molecule has 2 aromatic carbocycles. The van der Waals surface area contributed by atoms with Crippen LogP contribution in [0.5, 0.6) is 5.75 Å². The largest absolute Gasteiger partial charge is 0.490 e. The van der Waals surface area contributed by atoms with Crippen molar-refractivity contribution in [3.05, 3.63) is 65.5 Å². The standard InChI is InChI=1S/C20H24FNO3S/c1-16-6-4-7-17(12-16)15-26(23,24)22-11-5-8-18(13-22)14-25-20-10-3-2-9-19(20)21/h2-4,6-7,9-10,12,18H,5,8,11,13-15H2,1H3. The number of hydrogen-bond donors (Lipinski definition) is 0. The maximum Gasteiger partial charge on any atom is 0.218 e. The van der Waals surface area contributed by atoms with E-state index in [0.717, 1.165) is 24.0 Å². The fourth-order valence-electron chi connectivity index (χ4n) is 3.29. The highest BCUT2D eigenvalue weighted by Gasteiger charge is 2.29. The Bertz CT molecular complexity index is 854. The minimum absolute atomic E-state index is 0.00949. The van der Waals surface area contributed by atoms with Crippen LogP contribution in [0.25, 0.3) is 0 Å². The van der Waals surface area contributed by atoms with Gasteiger partial charge < -0.3 is 4.74 Å². The molecule has 1 aliphatic heterocycles. The Labute approximate surface area is 154 Å². The fraction of sp³-hybridized carbons (Fsp3) is 0.400. The lowest BCUT2D eigenvalue weighted by Crippen LogP contribution is -2.42. The summed E-state index contributed by atoms with van der Waals surface area (Å²) in [5.74, 6) is -0.106. The molecule has 3 rings (SSSR count). The molecule has 1 aliphatic rings. The summed E-state index contributed by atoms with van der Waals surface area (Å²) in [5, 5.41) is 0. The van der Waals surface area contributed by atoms with Gasteiger partial charge in [0.25, 0.3) is 0 Å². The van der Waals surface area contributed by atoms with Crippen LogP contribution >= 0.6 is 0 Å². The highest BCUT2D eigenvalue weighted by atomic mass is 32.2. The second kappa shape index (κ2) is 8.18. The lowest BCUT2D eigenvalue weighted by Gasteiger charge is -2.32. The van der Waals surface area contributed by atoms with Crippen LogP contribution in [-0.4, -0.2) is 32.4 Å². The molecular formula is C20H24FNO3S. The van der Waals surface area contributed by atoms with Crippen LogP contribution in [0.4, 0.5) is 4.39 Å². The molecule has 1 unspecified atom stereocenters. The van der Waals surface area contributed by atoms with E-state index in [0.29, 0.717) is 19.7 Å². The molecule has 0 amide bonds. The summed E-state index contributed by atoms with van der Waals surface area (Å²) in [6.07, 6.45) is 1.67. The molecule has 2 aromatic rings. The molecule has 0 spiro atoms. The van der Waals surface area contributed by atoms with Gasteiger partial charge in [-0.1, -0.05) is 42.0 Å². The average molecular weight is 377 g/mol. The monoisotopic (exact) mass is 377 g/mol. The van der Waals surface area contributed by atoms with Crippen molar-refractivity contribution in [3.63, 3.8) is 0 Å². The molecule has 0 aliphatic carbocycles. The van der Waals surface area contributed by atoms with E-state index in [4.69, 9.17) is 4.74 Å². The third-order valence-electron chi connectivity index (χ3n) is 4.62. The molecule has 26 heavy (non-hydrogen) atoms. The lowest BCUT2D eigenvalue weighted by atomic mass is 10.0. The van der Waals surface area contributed by atoms with Crippen molar-refractivity contribution in [1.82, 2.24) is 4.31 Å². The Hall–Kier alpha value is -1.92. The molecule has 6 heteroatoms. The second-order valence-electron chi connectivity index (χ2n) is 6.85. The molecule has 1 fully saturated rings. The van der Waals surface area contributed by atoms with Gasteiger partial charge in [-0.3, -0.25) is 0 Å². The Balaban J connectivity index is 1.61. The van der Waals surface area contributed by atoms with Crippen LogP contribution in [0.2, 0.25) is 0 Å². The van der Waals surface area contributed by atoms with E-state index in [1.165, 1.54) is 6.07 Å². The second-order valence-corrected chi connectivity index (χ2v) is 8.82. The van der Waals surface area contributed by atoms with Crippen LogP contribution in [-0.2, 0) is 15.8 Å². The van der Waals surface area contributed by atoms with Gasteiger partial charge >= 0.3 is 0 Å². The predicted octanol–water partition coefficient (Wildman–Crippen LogP) is 3.75. The first-order valence-electron chi connectivity index (χ1n) is 8.85. The summed E-state index contributed by atoms with van der Waals surface area (Å²) in [5.41, 5.74) is 1.85. The number of aryl methyl sites for hydroxylation is 1. The number of piperidine rings is 1. The zero-order valence-corrected chi connectivity index (χ0v) is 15.7. The van der Waals surface area contributed by atoms with Crippen LogP contribution < -0.4 is 4.74 Å². The first kappa shape index (κ1) is 18.9. The number of benzene rings is 2. The van der Waals surface area contributed by atoms with E-state index in [1.807, 2.05) is 31.2 Å². The number of para-hydroxylation sites is 1. The van der Waals surface area contributed by atoms with Crippen molar-refractivity contribution in [2.45, 2.75) is 25.5 Å². The van der Waals surface area contributed by atoms with Crippen molar-refractivity contribution in [3.8, 4) is 5.75 Å². The molecule has 1 atom stereocenters. The van der Waals surface area contributed by atoms with Crippen molar-refractivity contribution in [2.24, 2.45) is 5.92 Å². The quantitative estimate of drug-likeness (QED) is 0.770. The summed E-state index contributed by atoms with van der Waals surface area (Å²) in [4.78, 5) is 0. The molecule has 1 saturated heterocycles. The maximum absolute atomic E-state index is 13.7. The van der Waals surface area contributed by atoms with E-state index < -0.39 is 15.8 Å². The first-order chi connectivity index (χ1) is 12.4. The van der Waals surface area contributed by atoms with Crippen LogP contribution in [0.3, 0.4) is 0 Å². The minimum Gasteiger partial charge on any atom is -0.490 e. The zero-order valence-electron chi connectivity index (χ0n) is 14.9. The number of ether oxygens (including phenoxy) is 1. The highest BCUT2D eigenvalue weighted by molar-refractivity contribution is 7.88. The lowest BCUT2D eigenvalue weighted by molar-refractivity contribution is 0.176. The fourth-order valence-corrected chi connectivity index (χ4v) is 4.92. The average Bonchev–Trinajstić information content (AvgIpc) is 2.61. The third-order valence-corrected chi connectivity index (χ3v) is 6.43. The number of nitrogens with zero attached hydrogens (tertiary/aromatic N) is 1. The summed E-state index contributed by atoms with van der Waals surface area (Å²) >= 11 is 0. The topological polar surface area (TPSA) is 46.6 Å². The van der Waals surface area contributed by atoms with Crippen LogP contribution in [0.1, 0.15) is 24.0 Å². The highest BCUT2D eigenvalue weighted by Crippen LogP contribution is 2.23. The number of sulfonamides is 1. The molecule has 1 heterocycles. The van der Waals surface area contributed by atoms with Crippen LogP contribution in [0, 0.1) is 18.7 Å². The van der Waals surface area contributed by atoms with Gasteiger partial charge in [0, 0.05) is 19.0 Å². The van der Waals surface area contributed by atoms with Gasteiger partial charge in [0.05, 0.1) is 12.4 Å². The van der Waals surface area contributed by atoms with E-state index >= 15 is 0 Å². The van der Waals surface area contributed by atoms with Crippen molar-refractivity contribution < 1.29 is 17.5 Å². The van der Waals surface area contributed by atoms with Gasteiger partial charge in [0.1, 0.15) is 0 Å². The normalized spacial score (nSPS) is 18.6. The summed E-state index contributed by atoms with van der Waals surface area (Å²) in [6.45, 7) is 3.22. The predicted molar refractivity (Wildman–Crippen MR) is 100.0 cm³/mol. The van der Waals surface area contributed by atoms with Gasteiger partial charge in [-0.05, 0) is 37.5 Å². The smallest absolute Gasteiger partial charge is 0.218 e. The van der Waals surface area contributed by atoms with Gasteiger partial charge in [0.2, 0.25) is 10.0 Å². The summed E-state index contributed by atoms with van der Waals surface area (Å²) < 4.78 is 46.3. The molecule has 0 bridgehead atoms. The Morgan fingerprint density at radius 3 is 2.77 bits per heavy atom. The van der Waals surface area contributed by atoms with E-state index in [9.17, 15) is 12.8 Å². The summed E-state index contributed by atoms with van der Waals surface area (Å²) in [7, 11) is -3.37. The minimum atomic E-state index is -3.37. The maximum atomic E-state index is 13.7. The van der Waals surface area contributed by atoms with E-state index in [2.05, 4.69) is 0 Å². The molecule has 0 radical (unpaired) electrons. The third kappa shape index (κ3) is 4.83. The van der Waals surface area contributed by atoms with Crippen LogP contribution in [0.15, 0.2) is 48.5 Å². The molecule has 0 N–H and O–H groups in total. The SMILES string of the molecule is Cc1cccc(CS(=O)(=O)N2CCCC(COc3ccccc3F)C2)c1. The Kier molecular flexibility index (Phi) is 5.94. The van der Waals surface area contributed by atoms with Gasteiger partial charge in [-0.15, -0.1) is 0 Å². The zero-order chi connectivity index (χ0) is 18.6. The van der Waals surface area contributed by atoms with E-state index in [1.54, 1.807) is 22.5 Å². The van der Waals surface area contributed by atoms with Gasteiger partial charge in [0.15, 0.2) is 11.6 Å². The van der Waals surface area contributed by atoms with Gasteiger partial charge in [-0.2, -0.15) is 0 Å². The molecule has 0 saturated carbocycles. The van der Waals surface area contributed by atoms with Crippen molar-refractivity contribution >= 4 is 10.0 Å².